The van der Waals surface area contributed by atoms with Gasteiger partial charge in [0.15, 0.2) is 18.1 Å². The zero-order chi connectivity index (χ0) is 35.9. The number of aliphatic carboxylic acids is 3. The number of benzene rings is 2. The molecule has 0 spiro atoms. The number of ether oxygens (including phenoxy) is 3. The number of hydrogen-bond donors (Lipinski definition) is 6. The maximum Gasteiger partial charge on any atom is 0.490 e. The third kappa shape index (κ3) is 14.4. The van der Waals surface area contributed by atoms with Crippen molar-refractivity contribution < 1.29 is 75.1 Å². The Morgan fingerprint density at radius 1 is 0.745 bits per heavy atom. The quantitative estimate of drug-likeness (QED) is 0.0696. The Labute approximate surface area is 261 Å². The van der Waals surface area contributed by atoms with Crippen molar-refractivity contribution in [2.45, 2.75) is 25.2 Å². The SMILES string of the molecule is N=C(N)c1ccc(OCC(=O)O)c(OCCOC(=O)c2ccc(C(=N)N3CCCC3)cc2)c1.O=C(O)C(F)(F)F.O=C(O)C(F)(F)F. The Bertz CT molecular complexity index is 1400. The van der Waals surface area contributed by atoms with Gasteiger partial charge < -0.3 is 40.2 Å². The molecule has 0 unspecified atom stereocenters. The van der Waals surface area contributed by atoms with E-state index in [0.717, 1.165) is 31.5 Å². The molecule has 2 aromatic carbocycles. The summed E-state index contributed by atoms with van der Waals surface area (Å²) in [5, 5.41) is 38.8. The smallest absolute Gasteiger partial charge is 0.486 e. The number of likely N-dealkylation sites (tertiary alicyclic amines) is 1. The predicted octanol–water partition coefficient (Wildman–Crippen LogP) is 3.36. The summed E-state index contributed by atoms with van der Waals surface area (Å²) in [5.41, 5.74) is 6.97. The van der Waals surface area contributed by atoms with Crippen LogP contribution < -0.4 is 15.2 Å². The molecule has 1 fully saturated rings. The number of carbonyl (C=O) groups is 4. The Hall–Kier alpha value is -5.56. The zero-order valence-electron chi connectivity index (χ0n) is 24.0. The first-order valence-electron chi connectivity index (χ1n) is 12.9. The van der Waals surface area contributed by atoms with Crippen molar-refractivity contribution in [2.24, 2.45) is 5.73 Å². The molecule has 1 heterocycles. The number of carboxylic acids is 3. The van der Waals surface area contributed by atoms with E-state index in [4.69, 9.17) is 55.7 Å². The molecule has 0 aliphatic carbocycles. The molecule has 0 atom stereocenters. The van der Waals surface area contributed by atoms with Gasteiger partial charge in [-0.2, -0.15) is 26.3 Å². The number of nitrogens with one attached hydrogen (secondary N) is 2. The highest BCUT2D eigenvalue weighted by atomic mass is 19.4. The van der Waals surface area contributed by atoms with Crippen LogP contribution in [-0.4, -0.2) is 101 Å². The van der Waals surface area contributed by atoms with Gasteiger partial charge in [0.25, 0.3) is 0 Å². The highest BCUT2D eigenvalue weighted by Crippen LogP contribution is 2.28. The number of hydrogen-bond acceptors (Lipinski definition) is 9. The molecule has 0 radical (unpaired) electrons. The van der Waals surface area contributed by atoms with E-state index < -0.39 is 42.8 Å². The number of nitrogens with zero attached hydrogens (tertiary/aromatic N) is 1. The molecular formula is C27H28F6N4O10. The first kappa shape index (κ1) is 39.5. The molecule has 1 aliphatic heterocycles. The Morgan fingerprint density at radius 3 is 1.66 bits per heavy atom. The van der Waals surface area contributed by atoms with Gasteiger partial charge in [-0.05, 0) is 43.2 Å². The van der Waals surface area contributed by atoms with E-state index in [-0.39, 0.29) is 30.5 Å². The van der Waals surface area contributed by atoms with Crippen molar-refractivity contribution >= 4 is 35.5 Å². The molecule has 3 rings (SSSR count). The number of esters is 1. The summed E-state index contributed by atoms with van der Waals surface area (Å²) < 4.78 is 79.5. The number of amidine groups is 2. The molecule has 2 aromatic rings. The van der Waals surface area contributed by atoms with Crippen LogP contribution in [0.25, 0.3) is 0 Å². The zero-order valence-corrected chi connectivity index (χ0v) is 24.0. The Morgan fingerprint density at radius 2 is 1.21 bits per heavy atom. The lowest BCUT2D eigenvalue weighted by Crippen LogP contribution is -2.27. The van der Waals surface area contributed by atoms with Gasteiger partial charge in [0.1, 0.15) is 24.9 Å². The molecule has 0 aromatic heterocycles. The lowest BCUT2D eigenvalue weighted by molar-refractivity contribution is -0.193. The number of nitrogen functional groups attached to an aromatic ring is 1. The number of rotatable bonds is 10. The number of carbonyl (C=O) groups excluding carboxylic acids is 1. The van der Waals surface area contributed by atoms with Crippen molar-refractivity contribution in [1.29, 1.82) is 10.8 Å². The van der Waals surface area contributed by atoms with Crippen LogP contribution in [0.2, 0.25) is 0 Å². The second kappa shape index (κ2) is 17.8. The first-order valence-corrected chi connectivity index (χ1v) is 12.9. The van der Waals surface area contributed by atoms with Crippen molar-refractivity contribution in [2.75, 3.05) is 32.9 Å². The topological polar surface area (TPSA) is 234 Å². The summed E-state index contributed by atoms with van der Waals surface area (Å²) in [6.45, 7) is 1.11. The van der Waals surface area contributed by atoms with E-state index in [2.05, 4.69) is 0 Å². The molecular weight excluding hydrogens is 654 g/mol. The molecule has 7 N–H and O–H groups in total. The van der Waals surface area contributed by atoms with Gasteiger partial charge in [0.05, 0.1) is 5.56 Å². The maximum absolute atomic E-state index is 12.3. The van der Waals surface area contributed by atoms with Crippen molar-refractivity contribution in [3.63, 3.8) is 0 Å². The summed E-state index contributed by atoms with van der Waals surface area (Å²) in [6.07, 6.45) is -8.00. The van der Waals surface area contributed by atoms with E-state index in [0.29, 0.717) is 17.0 Å². The van der Waals surface area contributed by atoms with Crippen molar-refractivity contribution in [3.8, 4) is 11.5 Å². The second-order valence-corrected chi connectivity index (χ2v) is 8.97. The number of alkyl halides is 6. The van der Waals surface area contributed by atoms with Crippen LogP contribution in [0.15, 0.2) is 42.5 Å². The minimum absolute atomic E-state index is 0.0196. The highest BCUT2D eigenvalue weighted by Gasteiger charge is 2.38. The number of carboxylic acid groups (broad SMARTS) is 3. The van der Waals surface area contributed by atoms with Crippen LogP contribution in [-0.2, 0) is 19.1 Å². The van der Waals surface area contributed by atoms with E-state index in [1.807, 2.05) is 4.90 Å². The van der Waals surface area contributed by atoms with E-state index in [9.17, 15) is 35.9 Å². The summed E-state index contributed by atoms with van der Waals surface area (Å²) in [4.78, 5) is 42.9. The van der Waals surface area contributed by atoms with Crippen LogP contribution in [0.4, 0.5) is 26.3 Å². The molecule has 20 heteroatoms. The van der Waals surface area contributed by atoms with Gasteiger partial charge in [0.2, 0.25) is 0 Å². The van der Waals surface area contributed by atoms with Gasteiger partial charge >= 0.3 is 36.2 Å². The third-order valence-corrected chi connectivity index (χ3v) is 5.48. The van der Waals surface area contributed by atoms with Crippen LogP contribution >= 0.6 is 0 Å². The molecule has 1 aliphatic rings. The molecule has 0 saturated carbocycles. The second-order valence-electron chi connectivity index (χ2n) is 8.97. The standard InChI is InChI=1S/C23H26N4O6.2C2HF3O2/c24-21(25)17-7-8-18(33-14-20(28)29)19(13-17)31-11-12-32-23(30)16-5-3-15(4-6-16)22(26)27-9-1-2-10-27;2*3-2(4,5)1(6)7/h3-8,13,26H,1-2,9-12,14H2,(H3,24,25)(H,28,29);2*(H,6,7). The number of nitrogens with two attached hydrogens (primary N) is 1. The van der Waals surface area contributed by atoms with Gasteiger partial charge in [-0.3, -0.25) is 10.8 Å². The maximum atomic E-state index is 12.3. The molecule has 14 nitrogen and oxygen atoms in total. The Balaban J connectivity index is 0.000000658. The fourth-order valence-corrected chi connectivity index (χ4v) is 3.30. The highest BCUT2D eigenvalue weighted by molar-refractivity contribution is 5.98. The number of halogens is 6. The lowest BCUT2D eigenvalue weighted by atomic mass is 10.1. The van der Waals surface area contributed by atoms with Crippen LogP contribution in [0.3, 0.4) is 0 Å². The normalized spacial score (nSPS) is 12.3. The van der Waals surface area contributed by atoms with Gasteiger partial charge in [0, 0.05) is 24.2 Å². The summed E-state index contributed by atoms with van der Waals surface area (Å²) in [6, 6.07) is 11.1. The van der Waals surface area contributed by atoms with Gasteiger partial charge in [-0.15, -0.1) is 0 Å². The van der Waals surface area contributed by atoms with Crippen LogP contribution in [0.5, 0.6) is 11.5 Å². The van der Waals surface area contributed by atoms with Crippen molar-refractivity contribution in [3.05, 3.63) is 59.2 Å². The van der Waals surface area contributed by atoms with Crippen molar-refractivity contribution in [1.82, 2.24) is 4.90 Å². The monoisotopic (exact) mass is 682 g/mol. The molecule has 1 saturated heterocycles. The molecule has 0 amide bonds. The summed E-state index contributed by atoms with van der Waals surface area (Å²) in [7, 11) is 0. The van der Waals surface area contributed by atoms with E-state index in [1.54, 1.807) is 24.3 Å². The predicted molar refractivity (Wildman–Crippen MR) is 148 cm³/mol. The minimum atomic E-state index is -5.08. The fraction of sp³-hybridized carbons (Fsp3) is 0.333. The van der Waals surface area contributed by atoms with Gasteiger partial charge in [-0.25, -0.2) is 19.2 Å². The molecule has 47 heavy (non-hydrogen) atoms. The largest absolute Gasteiger partial charge is 0.490 e. The summed E-state index contributed by atoms with van der Waals surface area (Å²) >= 11 is 0. The molecule has 258 valence electrons. The van der Waals surface area contributed by atoms with Crippen LogP contribution in [0, 0.1) is 10.8 Å². The third-order valence-electron chi connectivity index (χ3n) is 5.48. The summed E-state index contributed by atoms with van der Waals surface area (Å²) in [5.74, 6) is -6.56. The first-order chi connectivity index (χ1) is 21.7. The average molecular weight is 683 g/mol. The van der Waals surface area contributed by atoms with Crippen LogP contribution in [0.1, 0.15) is 34.3 Å². The fourth-order valence-electron chi connectivity index (χ4n) is 3.30. The van der Waals surface area contributed by atoms with Gasteiger partial charge in [-0.1, -0.05) is 12.1 Å². The van der Waals surface area contributed by atoms with E-state index in [1.165, 1.54) is 18.2 Å². The lowest BCUT2D eigenvalue weighted by Gasteiger charge is -2.18. The van der Waals surface area contributed by atoms with E-state index >= 15 is 0 Å². The minimum Gasteiger partial charge on any atom is -0.486 e. The Kier molecular flexibility index (Phi) is 14.9. The molecule has 0 bridgehead atoms. The average Bonchev–Trinajstić information content (AvgIpc) is 3.53.